The summed E-state index contributed by atoms with van der Waals surface area (Å²) in [5.74, 6) is -1.02. The maximum atomic E-state index is 11.9. The summed E-state index contributed by atoms with van der Waals surface area (Å²) in [6.45, 7) is 1.98. The fourth-order valence-electron chi connectivity index (χ4n) is 1.68. The van der Waals surface area contributed by atoms with Gasteiger partial charge in [0.2, 0.25) is 5.91 Å². The Labute approximate surface area is 138 Å². The van der Waals surface area contributed by atoms with Crippen molar-refractivity contribution in [3.63, 3.8) is 0 Å². The molecule has 2 aromatic rings. The number of carbonyl (C=O) groups excluding carboxylic acids is 1. The number of rotatable bonds is 5. The van der Waals surface area contributed by atoms with E-state index in [1.807, 2.05) is 25.1 Å². The molecule has 0 saturated heterocycles. The number of thioether (sulfide) groups is 1. The number of carbonyl (C=O) groups is 2. The molecule has 2 N–H and O–H groups in total. The van der Waals surface area contributed by atoms with Crippen LogP contribution in [0.15, 0.2) is 39.0 Å². The van der Waals surface area contributed by atoms with Crippen molar-refractivity contribution in [1.29, 1.82) is 0 Å². The van der Waals surface area contributed by atoms with E-state index >= 15 is 0 Å². The van der Waals surface area contributed by atoms with Crippen LogP contribution in [-0.4, -0.2) is 22.7 Å². The average Bonchev–Trinajstić information content (AvgIpc) is 2.86. The van der Waals surface area contributed by atoms with Gasteiger partial charge < -0.3 is 10.4 Å². The van der Waals surface area contributed by atoms with E-state index in [2.05, 4.69) is 21.2 Å². The molecule has 0 unspecified atom stereocenters. The number of halogens is 1. The van der Waals surface area contributed by atoms with Crippen LogP contribution in [-0.2, 0) is 4.79 Å². The summed E-state index contributed by atoms with van der Waals surface area (Å²) in [4.78, 5) is 24.0. The van der Waals surface area contributed by atoms with Gasteiger partial charge in [0.15, 0.2) is 0 Å². The molecule has 7 heteroatoms. The third-order valence-electron chi connectivity index (χ3n) is 2.63. The minimum absolute atomic E-state index is 0.146. The Balaban J connectivity index is 1.96. The van der Waals surface area contributed by atoms with E-state index in [9.17, 15) is 9.59 Å². The molecular formula is C14H12BrNO3S2. The molecule has 2 rings (SSSR count). The Kier molecular flexibility index (Phi) is 5.44. The summed E-state index contributed by atoms with van der Waals surface area (Å²) in [6, 6.07) is 7.46. The maximum Gasteiger partial charge on any atom is 0.348 e. The van der Waals surface area contributed by atoms with Crippen molar-refractivity contribution in [1.82, 2.24) is 0 Å². The molecule has 0 fully saturated rings. The zero-order valence-corrected chi connectivity index (χ0v) is 14.3. The highest BCUT2D eigenvalue weighted by atomic mass is 79.9. The fraction of sp³-hybridized carbons (Fsp3) is 0.143. The third-order valence-corrected chi connectivity index (χ3v) is 5.20. The predicted molar refractivity (Wildman–Crippen MR) is 89.5 cm³/mol. The van der Waals surface area contributed by atoms with Gasteiger partial charge in [0.05, 0.1) is 11.4 Å². The SMILES string of the molecule is Cc1cc(Br)ccc1SCC(=O)Nc1ccsc1C(=O)O. The molecule has 1 heterocycles. The predicted octanol–water partition coefficient (Wildman–Crippen LogP) is 4.25. The van der Waals surface area contributed by atoms with Crippen molar-refractivity contribution in [2.45, 2.75) is 11.8 Å². The highest BCUT2D eigenvalue weighted by molar-refractivity contribution is 9.10. The Bertz CT molecular complexity index is 685. The number of carboxylic acid groups (broad SMARTS) is 1. The number of aryl methyl sites for hydroxylation is 1. The number of nitrogens with one attached hydrogen (secondary N) is 1. The van der Waals surface area contributed by atoms with Crippen LogP contribution in [0.25, 0.3) is 0 Å². The van der Waals surface area contributed by atoms with Crippen LogP contribution in [0, 0.1) is 6.92 Å². The van der Waals surface area contributed by atoms with E-state index < -0.39 is 5.97 Å². The third kappa shape index (κ3) is 4.33. The standard InChI is InChI=1S/C14H12BrNO3S2/c1-8-6-9(15)2-3-11(8)21-7-12(17)16-10-4-5-20-13(10)14(18)19/h2-6H,7H2,1H3,(H,16,17)(H,18,19). The summed E-state index contributed by atoms with van der Waals surface area (Å²) in [5, 5.41) is 13.3. The first-order valence-electron chi connectivity index (χ1n) is 5.97. The number of aromatic carboxylic acids is 1. The smallest absolute Gasteiger partial charge is 0.348 e. The van der Waals surface area contributed by atoms with Crippen molar-refractivity contribution in [2.24, 2.45) is 0 Å². The topological polar surface area (TPSA) is 66.4 Å². The van der Waals surface area contributed by atoms with Gasteiger partial charge in [-0.3, -0.25) is 4.79 Å². The minimum atomic E-state index is -1.03. The van der Waals surface area contributed by atoms with Crippen LogP contribution in [0.4, 0.5) is 5.69 Å². The number of amides is 1. The second-order valence-electron chi connectivity index (χ2n) is 4.22. The van der Waals surface area contributed by atoms with E-state index in [-0.39, 0.29) is 16.5 Å². The van der Waals surface area contributed by atoms with E-state index in [0.717, 1.165) is 26.3 Å². The van der Waals surface area contributed by atoms with E-state index in [0.29, 0.717) is 5.69 Å². The molecule has 110 valence electrons. The lowest BCUT2D eigenvalue weighted by Gasteiger charge is -2.07. The lowest BCUT2D eigenvalue weighted by Crippen LogP contribution is -2.15. The first kappa shape index (κ1) is 16.1. The molecule has 0 bridgehead atoms. The Hall–Kier alpha value is -1.31. The van der Waals surface area contributed by atoms with Crippen LogP contribution < -0.4 is 5.32 Å². The van der Waals surface area contributed by atoms with Crippen LogP contribution >= 0.6 is 39.0 Å². The van der Waals surface area contributed by atoms with Crippen LogP contribution in [0.5, 0.6) is 0 Å². The molecule has 0 aliphatic carbocycles. The van der Waals surface area contributed by atoms with Gasteiger partial charge in [-0.1, -0.05) is 15.9 Å². The second-order valence-corrected chi connectivity index (χ2v) is 7.06. The van der Waals surface area contributed by atoms with Gasteiger partial charge in [0.1, 0.15) is 4.88 Å². The Morgan fingerprint density at radius 1 is 1.38 bits per heavy atom. The lowest BCUT2D eigenvalue weighted by molar-refractivity contribution is -0.113. The molecule has 1 aromatic heterocycles. The summed E-state index contributed by atoms with van der Waals surface area (Å²) in [7, 11) is 0. The summed E-state index contributed by atoms with van der Waals surface area (Å²) in [5.41, 5.74) is 1.44. The summed E-state index contributed by atoms with van der Waals surface area (Å²) in [6.07, 6.45) is 0. The number of hydrogen-bond donors (Lipinski definition) is 2. The Morgan fingerprint density at radius 3 is 2.81 bits per heavy atom. The number of thiophene rings is 1. The number of benzene rings is 1. The van der Waals surface area contributed by atoms with Gasteiger partial charge in [0, 0.05) is 9.37 Å². The molecule has 1 aromatic carbocycles. The van der Waals surface area contributed by atoms with Gasteiger partial charge in [-0.15, -0.1) is 23.1 Å². The van der Waals surface area contributed by atoms with Crippen molar-refractivity contribution < 1.29 is 14.7 Å². The largest absolute Gasteiger partial charge is 0.477 e. The molecule has 0 saturated carbocycles. The maximum absolute atomic E-state index is 11.9. The molecule has 4 nitrogen and oxygen atoms in total. The fourth-order valence-corrected chi connectivity index (χ4v) is 3.65. The van der Waals surface area contributed by atoms with Crippen molar-refractivity contribution in [2.75, 3.05) is 11.1 Å². The van der Waals surface area contributed by atoms with Gasteiger partial charge in [0.25, 0.3) is 0 Å². The highest BCUT2D eigenvalue weighted by Gasteiger charge is 2.14. The van der Waals surface area contributed by atoms with Gasteiger partial charge >= 0.3 is 5.97 Å². The highest BCUT2D eigenvalue weighted by Crippen LogP contribution is 2.26. The van der Waals surface area contributed by atoms with Gasteiger partial charge in [-0.25, -0.2) is 4.79 Å². The van der Waals surface area contributed by atoms with Crippen LogP contribution in [0.3, 0.4) is 0 Å². The van der Waals surface area contributed by atoms with Gasteiger partial charge in [-0.2, -0.15) is 0 Å². The molecular weight excluding hydrogens is 374 g/mol. The van der Waals surface area contributed by atoms with E-state index in [4.69, 9.17) is 5.11 Å². The second kappa shape index (κ2) is 7.11. The molecule has 0 radical (unpaired) electrons. The first-order valence-corrected chi connectivity index (χ1v) is 8.63. The summed E-state index contributed by atoms with van der Waals surface area (Å²) >= 11 is 5.91. The normalized spacial score (nSPS) is 10.4. The first-order chi connectivity index (χ1) is 9.97. The minimum Gasteiger partial charge on any atom is -0.477 e. The molecule has 1 amide bonds. The van der Waals surface area contributed by atoms with Crippen LogP contribution in [0.2, 0.25) is 0 Å². The summed E-state index contributed by atoms with van der Waals surface area (Å²) < 4.78 is 0.998. The van der Waals surface area contributed by atoms with Gasteiger partial charge in [-0.05, 0) is 42.1 Å². The van der Waals surface area contributed by atoms with Crippen molar-refractivity contribution in [3.8, 4) is 0 Å². The lowest BCUT2D eigenvalue weighted by atomic mass is 10.2. The molecule has 0 spiro atoms. The molecule has 0 aliphatic heterocycles. The molecule has 21 heavy (non-hydrogen) atoms. The van der Waals surface area contributed by atoms with Crippen molar-refractivity contribution in [3.05, 3.63) is 44.6 Å². The van der Waals surface area contributed by atoms with Crippen molar-refractivity contribution >= 4 is 56.6 Å². The number of hydrogen-bond acceptors (Lipinski definition) is 4. The van der Waals surface area contributed by atoms with E-state index in [1.54, 1.807) is 11.4 Å². The van der Waals surface area contributed by atoms with E-state index in [1.165, 1.54) is 11.8 Å². The molecule has 0 aliphatic rings. The quantitative estimate of drug-likeness (QED) is 0.754. The number of carboxylic acids is 1. The monoisotopic (exact) mass is 385 g/mol. The Morgan fingerprint density at radius 2 is 2.14 bits per heavy atom. The van der Waals surface area contributed by atoms with Crippen LogP contribution in [0.1, 0.15) is 15.2 Å². The number of anilines is 1. The average molecular weight is 386 g/mol. The zero-order chi connectivity index (χ0) is 15.4. The molecule has 0 atom stereocenters. The zero-order valence-electron chi connectivity index (χ0n) is 11.1.